The SMILES string of the molecule is Cc1cc(Cl)cc(C(=O)N(C)CC(C)/C(N)=N/O)c1. The van der Waals surface area contributed by atoms with Gasteiger partial charge in [-0.3, -0.25) is 4.79 Å². The third-order valence-electron chi connectivity index (χ3n) is 2.80. The maximum atomic E-state index is 12.2. The highest BCUT2D eigenvalue weighted by Gasteiger charge is 2.17. The van der Waals surface area contributed by atoms with Crippen LogP contribution in [-0.2, 0) is 0 Å². The van der Waals surface area contributed by atoms with Gasteiger partial charge in [-0.1, -0.05) is 23.7 Å². The van der Waals surface area contributed by atoms with Gasteiger partial charge in [0.25, 0.3) is 5.91 Å². The lowest BCUT2D eigenvalue weighted by Crippen LogP contribution is -2.36. The molecule has 0 aliphatic heterocycles. The van der Waals surface area contributed by atoms with Crippen molar-refractivity contribution in [1.82, 2.24) is 4.90 Å². The van der Waals surface area contributed by atoms with Crippen LogP contribution in [0.15, 0.2) is 23.4 Å². The highest BCUT2D eigenvalue weighted by Crippen LogP contribution is 2.16. The number of hydrogen-bond donors (Lipinski definition) is 2. The summed E-state index contributed by atoms with van der Waals surface area (Å²) in [6.07, 6.45) is 0. The van der Waals surface area contributed by atoms with Gasteiger partial charge < -0.3 is 15.8 Å². The highest BCUT2D eigenvalue weighted by atomic mass is 35.5. The van der Waals surface area contributed by atoms with E-state index in [1.807, 2.05) is 6.92 Å². The molecule has 0 aliphatic carbocycles. The Labute approximate surface area is 117 Å². The van der Waals surface area contributed by atoms with Crippen molar-refractivity contribution < 1.29 is 10.0 Å². The number of amidine groups is 1. The zero-order valence-electron chi connectivity index (χ0n) is 11.2. The number of hydrogen-bond acceptors (Lipinski definition) is 3. The van der Waals surface area contributed by atoms with Gasteiger partial charge in [0, 0.05) is 30.1 Å². The summed E-state index contributed by atoms with van der Waals surface area (Å²) in [5, 5.41) is 12.1. The van der Waals surface area contributed by atoms with Gasteiger partial charge >= 0.3 is 0 Å². The highest BCUT2D eigenvalue weighted by molar-refractivity contribution is 6.31. The summed E-state index contributed by atoms with van der Waals surface area (Å²) in [5.41, 5.74) is 6.94. The molecule has 104 valence electrons. The molecule has 0 spiro atoms. The van der Waals surface area contributed by atoms with Crippen molar-refractivity contribution >= 4 is 23.3 Å². The summed E-state index contributed by atoms with van der Waals surface area (Å²) in [6.45, 7) is 4.02. The number of benzene rings is 1. The summed E-state index contributed by atoms with van der Waals surface area (Å²) in [4.78, 5) is 13.7. The molecule has 1 atom stereocenters. The first-order valence-corrected chi connectivity index (χ1v) is 6.23. The lowest BCUT2D eigenvalue weighted by molar-refractivity contribution is 0.0786. The van der Waals surface area contributed by atoms with Crippen molar-refractivity contribution in [3.05, 3.63) is 34.3 Å². The van der Waals surface area contributed by atoms with Gasteiger partial charge in [0.2, 0.25) is 0 Å². The molecule has 1 aromatic carbocycles. The van der Waals surface area contributed by atoms with Crippen molar-refractivity contribution in [1.29, 1.82) is 0 Å². The van der Waals surface area contributed by atoms with Gasteiger partial charge in [-0.05, 0) is 30.7 Å². The van der Waals surface area contributed by atoms with Crippen LogP contribution in [0.3, 0.4) is 0 Å². The van der Waals surface area contributed by atoms with E-state index in [-0.39, 0.29) is 17.7 Å². The maximum absolute atomic E-state index is 12.2. The molecule has 0 radical (unpaired) electrons. The number of oxime groups is 1. The standard InChI is InChI=1S/C13H18ClN3O2/c1-8-4-10(6-11(14)5-8)13(18)17(3)7-9(2)12(15)16-19/h4-6,9,19H,7H2,1-3H3,(H2,15,16). The second-order valence-corrected chi connectivity index (χ2v) is 5.07. The number of rotatable bonds is 4. The number of halogens is 1. The van der Waals surface area contributed by atoms with Crippen LogP contribution in [-0.4, -0.2) is 35.4 Å². The summed E-state index contributed by atoms with van der Waals surface area (Å²) in [6, 6.07) is 5.19. The van der Waals surface area contributed by atoms with Crippen molar-refractivity contribution in [2.75, 3.05) is 13.6 Å². The Morgan fingerprint density at radius 2 is 2.16 bits per heavy atom. The molecule has 5 nitrogen and oxygen atoms in total. The molecule has 1 rings (SSSR count). The van der Waals surface area contributed by atoms with E-state index in [0.717, 1.165) is 5.56 Å². The Balaban J connectivity index is 2.82. The van der Waals surface area contributed by atoms with E-state index in [1.54, 1.807) is 32.2 Å². The average Bonchev–Trinajstić information content (AvgIpc) is 2.35. The molecule has 0 aromatic heterocycles. The Hall–Kier alpha value is -1.75. The van der Waals surface area contributed by atoms with E-state index in [2.05, 4.69) is 5.16 Å². The summed E-state index contributed by atoms with van der Waals surface area (Å²) in [5.74, 6) is -0.274. The summed E-state index contributed by atoms with van der Waals surface area (Å²) in [7, 11) is 1.67. The summed E-state index contributed by atoms with van der Waals surface area (Å²) < 4.78 is 0. The number of carbonyl (C=O) groups excluding carboxylic acids is 1. The zero-order chi connectivity index (χ0) is 14.6. The van der Waals surface area contributed by atoms with Crippen LogP contribution in [0.1, 0.15) is 22.8 Å². The molecular weight excluding hydrogens is 266 g/mol. The van der Waals surface area contributed by atoms with Gasteiger partial charge in [0.15, 0.2) is 0 Å². The Morgan fingerprint density at radius 1 is 1.53 bits per heavy atom. The second kappa shape index (κ2) is 6.43. The monoisotopic (exact) mass is 283 g/mol. The van der Waals surface area contributed by atoms with Crippen molar-refractivity contribution in [3.8, 4) is 0 Å². The quantitative estimate of drug-likeness (QED) is 0.384. The lowest BCUT2D eigenvalue weighted by Gasteiger charge is -2.21. The number of amides is 1. The number of aryl methyl sites for hydroxylation is 1. The first kappa shape index (κ1) is 15.3. The Morgan fingerprint density at radius 3 is 2.68 bits per heavy atom. The molecule has 19 heavy (non-hydrogen) atoms. The normalized spacial score (nSPS) is 13.2. The van der Waals surface area contributed by atoms with Crippen LogP contribution in [0.2, 0.25) is 5.02 Å². The van der Waals surface area contributed by atoms with Gasteiger partial charge in [-0.25, -0.2) is 0 Å². The third kappa shape index (κ3) is 4.13. The number of nitrogens with two attached hydrogens (primary N) is 1. The molecule has 0 fully saturated rings. The van der Waals surface area contributed by atoms with E-state index in [0.29, 0.717) is 17.1 Å². The molecule has 1 unspecified atom stereocenters. The largest absolute Gasteiger partial charge is 0.409 e. The molecular formula is C13H18ClN3O2. The second-order valence-electron chi connectivity index (χ2n) is 4.63. The van der Waals surface area contributed by atoms with Crippen molar-refractivity contribution in [2.45, 2.75) is 13.8 Å². The van der Waals surface area contributed by atoms with Crippen LogP contribution in [0.5, 0.6) is 0 Å². The number of nitrogens with zero attached hydrogens (tertiary/aromatic N) is 2. The molecule has 0 heterocycles. The van der Waals surface area contributed by atoms with Crippen molar-refractivity contribution in [3.63, 3.8) is 0 Å². The predicted molar refractivity (Wildman–Crippen MR) is 75.7 cm³/mol. The maximum Gasteiger partial charge on any atom is 0.253 e. The smallest absolute Gasteiger partial charge is 0.253 e. The lowest BCUT2D eigenvalue weighted by atomic mass is 10.1. The van der Waals surface area contributed by atoms with Crippen LogP contribution in [0, 0.1) is 12.8 Å². The molecule has 0 saturated heterocycles. The predicted octanol–water partition coefficient (Wildman–Crippen LogP) is 2.10. The fourth-order valence-corrected chi connectivity index (χ4v) is 2.06. The topological polar surface area (TPSA) is 78.9 Å². The summed E-state index contributed by atoms with van der Waals surface area (Å²) >= 11 is 5.93. The van der Waals surface area contributed by atoms with E-state index in [1.165, 1.54) is 4.90 Å². The average molecular weight is 284 g/mol. The van der Waals surface area contributed by atoms with Crippen molar-refractivity contribution in [2.24, 2.45) is 16.8 Å². The minimum atomic E-state index is -0.223. The molecule has 1 amide bonds. The molecule has 0 bridgehead atoms. The van der Waals surface area contributed by atoms with E-state index in [4.69, 9.17) is 22.5 Å². The zero-order valence-corrected chi connectivity index (χ0v) is 12.0. The molecule has 6 heteroatoms. The van der Waals surface area contributed by atoms with Gasteiger partial charge in [0.1, 0.15) is 5.84 Å². The van der Waals surface area contributed by atoms with Gasteiger partial charge in [-0.2, -0.15) is 0 Å². The van der Waals surface area contributed by atoms with Gasteiger partial charge in [-0.15, -0.1) is 0 Å². The molecule has 3 N–H and O–H groups in total. The first-order valence-electron chi connectivity index (χ1n) is 5.85. The molecule has 0 saturated carbocycles. The van der Waals surface area contributed by atoms with Gasteiger partial charge in [0.05, 0.1) is 0 Å². The van der Waals surface area contributed by atoms with E-state index < -0.39 is 0 Å². The fraction of sp³-hybridized carbons (Fsp3) is 0.385. The van der Waals surface area contributed by atoms with Crippen LogP contribution in [0.4, 0.5) is 0 Å². The van der Waals surface area contributed by atoms with Crippen LogP contribution >= 0.6 is 11.6 Å². The number of carbonyl (C=O) groups is 1. The van der Waals surface area contributed by atoms with E-state index in [9.17, 15) is 4.79 Å². The minimum Gasteiger partial charge on any atom is -0.409 e. The Bertz CT molecular complexity index is 482. The Kier molecular flexibility index (Phi) is 5.18. The van der Waals surface area contributed by atoms with Crippen LogP contribution in [0.25, 0.3) is 0 Å². The van der Waals surface area contributed by atoms with E-state index >= 15 is 0 Å². The third-order valence-corrected chi connectivity index (χ3v) is 3.02. The minimum absolute atomic E-state index is 0.0990. The first-order chi connectivity index (χ1) is 8.85. The molecule has 1 aromatic rings. The fourth-order valence-electron chi connectivity index (χ4n) is 1.77. The molecule has 0 aliphatic rings. The van der Waals surface area contributed by atoms with Crippen LogP contribution < -0.4 is 5.73 Å².